The van der Waals surface area contributed by atoms with E-state index in [0.717, 1.165) is 12.8 Å². The lowest BCUT2D eigenvalue weighted by Gasteiger charge is -2.39. The number of nitrogens with zero attached hydrogens (tertiary/aromatic N) is 1. The van der Waals surface area contributed by atoms with Crippen LogP contribution < -0.4 is 0 Å². The lowest BCUT2D eigenvalue weighted by atomic mass is 9.90. The maximum absolute atomic E-state index is 13.8. The van der Waals surface area contributed by atoms with Crippen molar-refractivity contribution in [3.05, 3.63) is 35.4 Å². The van der Waals surface area contributed by atoms with Gasteiger partial charge in [-0.2, -0.15) is 0 Å². The smallest absolute Gasteiger partial charge is 0.226 e. The summed E-state index contributed by atoms with van der Waals surface area (Å²) in [5.74, 6) is -1.70. The van der Waals surface area contributed by atoms with Crippen molar-refractivity contribution < 1.29 is 18.7 Å². The molecular weight excluding hydrogens is 288 g/mol. The van der Waals surface area contributed by atoms with Crippen LogP contribution in [0.3, 0.4) is 0 Å². The number of hydrogen-bond acceptors (Lipinski definition) is 2. The van der Waals surface area contributed by atoms with Crippen molar-refractivity contribution in [1.82, 2.24) is 4.90 Å². The van der Waals surface area contributed by atoms with Crippen LogP contribution in [0.5, 0.6) is 0 Å². The van der Waals surface area contributed by atoms with E-state index in [4.69, 9.17) is 0 Å². The van der Waals surface area contributed by atoms with E-state index in [2.05, 4.69) is 0 Å². The molecule has 0 aromatic heterocycles. The molecule has 1 aliphatic heterocycles. The van der Waals surface area contributed by atoms with E-state index in [9.17, 15) is 18.7 Å². The fourth-order valence-electron chi connectivity index (χ4n) is 3.67. The number of rotatable bonds is 3. The fraction of sp³-hybridized carbons (Fsp3) is 0.588. The molecule has 2 aliphatic rings. The number of aliphatic hydroxyl groups excluding tert-OH is 1. The highest BCUT2D eigenvalue weighted by Gasteiger charge is 2.49. The van der Waals surface area contributed by atoms with Crippen LogP contribution in [0, 0.1) is 23.5 Å². The van der Waals surface area contributed by atoms with E-state index in [1.54, 1.807) is 4.90 Å². The Morgan fingerprint density at radius 1 is 1.36 bits per heavy atom. The molecule has 0 spiro atoms. The first kappa shape index (κ1) is 15.4. The molecule has 3 nitrogen and oxygen atoms in total. The molecule has 1 N–H and O–H groups in total. The van der Waals surface area contributed by atoms with Gasteiger partial charge in [0.05, 0.1) is 12.6 Å². The van der Waals surface area contributed by atoms with E-state index in [-0.39, 0.29) is 41.9 Å². The maximum Gasteiger partial charge on any atom is 0.226 e. The van der Waals surface area contributed by atoms with Crippen molar-refractivity contribution in [2.24, 2.45) is 11.8 Å². The molecule has 0 bridgehead atoms. The molecule has 1 saturated heterocycles. The van der Waals surface area contributed by atoms with Crippen LogP contribution in [0.2, 0.25) is 0 Å². The first-order valence-corrected chi connectivity index (χ1v) is 7.89. The van der Waals surface area contributed by atoms with E-state index in [0.29, 0.717) is 13.0 Å². The molecule has 1 saturated carbocycles. The quantitative estimate of drug-likeness (QED) is 0.932. The van der Waals surface area contributed by atoms with Gasteiger partial charge in [0.2, 0.25) is 5.91 Å². The van der Waals surface area contributed by atoms with Crippen molar-refractivity contribution >= 4 is 5.91 Å². The Labute approximate surface area is 128 Å². The number of benzene rings is 1. The minimum atomic E-state index is -0.578. The molecule has 4 atom stereocenters. The van der Waals surface area contributed by atoms with Crippen LogP contribution in [-0.2, 0) is 4.79 Å². The number of carbonyl (C=O) groups excluding carboxylic acids is 1. The van der Waals surface area contributed by atoms with Gasteiger partial charge in [0.1, 0.15) is 11.6 Å². The molecule has 1 aliphatic carbocycles. The Kier molecular flexibility index (Phi) is 4.17. The monoisotopic (exact) mass is 309 g/mol. The van der Waals surface area contributed by atoms with Crippen LogP contribution in [0.25, 0.3) is 0 Å². The van der Waals surface area contributed by atoms with Crippen molar-refractivity contribution in [2.45, 2.75) is 38.1 Å². The average molecular weight is 309 g/mol. The molecule has 0 radical (unpaired) electrons. The van der Waals surface area contributed by atoms with Gasteiger partial charge in [-0.15, -0.1) is 0 Å². The molecule has 3 rings (SSSR count). The third-order valence-corrected chi connectivity index (χ3v) is 5.06. The van der Waals surface area contributed by atoms with Gasteiger partial charge in [-0.3, -0.25) is 4.79 Å². The van der Waals surface area contributed by atoms with E-state index in [1.807, 2.05) is 6.92 Å². The number of halogens is 2. The zero-order chi connectivity index (χ0) is 15.9. The summed E-state index contributed by atoms with van der Waals surface area (Å²) in [4.78, 5) is 14.4. The molecule has 5 heteroatoms. The van der Waals surface area contributed by atoms with Gasteiger partial charge < -0.3 is 10.0 Å². The van der Waals surface area contributed by atoms with Gasteiger partial charge in [-0.1, -0.05) is 13.0 Å². The summed E-state index contributed by atoms with van der Waals surface area (Å²) < 4.78 is 27.6. The minimum Gasteiger partial charge on any atom is -0.394 e. The number of carbonyl (C=O) groups is 1. The molecule has 120 valence electrons. The van der Waals surface area contributed by atoms with E-state index >= 15 is 0 Å². The first-order chi connectivity index (χ1) is 10.5. The minimum absolute atomic E-state index is 0.0338. The summed E-state index contributed by atoms with van der Waals surface area (Å²) in [5.41, 5.74) is 0.0338. The number of likely N-dealkylation sites (tertiary alicyclic amines) is 1. The summed E-state index contributed by atoms with van der Waals surface area (Å²) in [6.45, 7) is 2.59. The highest BCUT2D eigenvalue weighted by molar-refractivity contribution is 5.83. The highest BCUT2D eigenvalue weighted by Crippen LogP contribution is 2.50. The molecule has 4 unspecified atom stereocenters. The summed E-state index contributed by atoms with van der Waals surface area (Å²) in [5, 5.41) is 9.54. The van der Waals surface area contributed by atoms with Gasteiger partial charge in [-0.25, -0.2) is 8.78 Å². The van der Waals surface area contributed by atoms with Gasteiger partial charge in [0.15, 0.2) is 0 Å². The Morgan fingerprint density at radius 3 is 2.68 bits per heavy atom. The van der Waals surface area contributed by atoms with Crippen molar-refractivity contribution in [2.75, 3.05) is 13.2 Å². The molecule has 1 heterocycles. The Hall–Kier alpha value is -1.49. The van der Waals surface area contributed by atoms with Crippen LogP contribution in [0.4, 0.5) is 8.78 Å². The average Bonchev–Trinajstić information content (AvgIpc) is 3.26. The van der Waals surface area contributed by atoms with Crippen LogP contribution in [-0.4, -0.2) is 35.1 Å². The summed E-state index contributed by atoms with van der Waals surface area (Å²) in [7, 11) is 0. The fourth-order valence-corrected chi connectivity index (χ4v) is 3.67. The predicted molar refractivity (Wildman–Crippen MR) is 78.2 cm³/mol. The standard InChI is InChI=1S/C17H21F2NO2/c1-10-4-3-7-20(15(10)9-21)17(22)12-8-11(12)16-13(18)5-2-6-14(16)19/h2,5-6,10-12,15,21H,3-4,7-9H2,1H3. The first-order valence-electron chi connectivity index (χ1n) is 7.89. The second-order valence-corrected chi connectivity index (χ2v) is 6.49. The molecule has 2 fully saturated rings. The zero-order valence-corrected chi connectivity index (χ0v) is 12.6. The predicted octanol–water partition coefficient (Wildman–Crippen LogP) is 2.69. The van der Waals surface area contributed by atoms with Gasteiger partial charge >= 0.3 is 0 Å². The van der Waals surface area contributed by atoms with Crippen molar-refractivity contribution in [3.63, 3.8) is 0 Å². The second-order valence-electron chi connectivity index (χ2n) is 6.49. The van der Waals surface area contributed by atoms with Gasteiger partial charge in [0, 0.05) is 23.9 Å². The second kappa shape index (κ2) is 5.95. The largest absolute Gasteiger partial charge is 0.394 e. The van der Waals surface area contributed by atoms with Crippen molar-refractivity contribution in [3.8, 4) is 0 Å². The van der Waals surface area contributed by atoms with Gasteiger partial charge in [0.25, 0.3) is 0 Å². The molecule has 1 amide bonds. The molecular formula is C17H21F2NO2. The van der Waals surface area contributed by atoms with E-state index in [1.165, 1.54) is 18.2 Å². The topological polar surface area (TPSA) is 40.5 Å². The third kappa shape index (κ3) is 2.62. The Morgan fingerprint density at radius 2 is 2.05 bits per heavy atom. The molecule has 22 heavy (non-hydrogen) atoms. The van der Waals surface area contributed by atoms with Crippen LogP contribution >= 0.6 is 0 Å². The van der Waals surface area contributed by atoms with Crippen molar-refractivity contribution in [1.29, 1.82) is 0 Å². The Balaban J connectivity index is 1.75. The maximum atomic E-state index is 13.8. The number of piperidine rings is 1. The Bertz CT molecular complexity index is 558. The third-order valence-electron chi connectivity index (χ3n) is 5.06. The number of amides is 1. The SMILES string of the molecule is CC1CCCN(C(=O)C2CC2c2c(F)cccc2F)C1CO. The lowest BCUT2D eigenvalue weighted by molar-refractivity contribution is -0.139. The number of aliphatic hydroxyl groups is 1. The lowest BCUT2D eigenvalue weighted by Crippen LogP contribution is -2.50. The van der Waals surface area contributed by atoms with Gasteiger partial charge in [-0.05, 0) is 37.3 Å². The van der Waals surface area contributed by atoms with Crippen LogP contribution in [0.1, 0.15) is 37.7 Å². The highest BCUT2D eigenvalue weighted by atomic mass is 19.1. The normalized spacial score (nSPS) is 31.2. The van der Waals surface area contributed by atoms with E-state index < -0.39 is 11.6 Å². The summed E-state index contributed by atoms with van der Waals surface area (Å²) >= 11 is 0. The summed E-state index contributed by atoms with van der Waals surface area (Å²) in [6, 6.07) is 3.63. The molecule has 1 aromatic carbocycles. The number of hydrogen-bond donors (Lipinski definition) is 1. The summed E-state index contributed by atoms with van der Waals surface area (Å²) in [6.07, 6.45) is 2.39. The molecule has 1 aromatic rings. The zero-order valence-electron chi connectivity index (χ0n) is 12.6. The van der Waals surface area contributed by atoms with Crippen LogP contribution in [0.15, 0.2) is 18.2 Å².